The van der Waals surface area contributed by atoms with Crippen LogP contribution in [0.15, 0.2) is 75.1 Å². The highest BCUT2D eigenvalue weighted by Crippen LogP contribution is 2.32. The Morgan fingerprint density at radius 3 is 2.44 bits per heavy atom. The summed E-state index contributed by atoms with van der Waals surface area (Å²) in [6, 6.07) is 13.9. The van der Waals surface area contributed by atoms with Crippen LogP contribution in [0.1, 0.15) is 30.0 Å². The van der Waals surface area contributed by atoms with E-state index in [-0.39, 0.29) is 21.9 Å². The average molecular weight is 519 g/mol. The number of thiazole rings is 1. The van der Waals surface area contributed by atoms with Crippen molar-refractivity contribution in [2.75, 3.05) is 11.2 Å². The highest BCUT2D eigenvalue weighted by Gasteiger charge is 2.26. The van der Waals surface area contributed by atoms with E-state index < -0.39 is 30.8 Å². The maximum atomic E-state index is 13.6. The third-order valence-electron chi connectivity index (χ3n) is 5.18. The second-order valence-electron chi connectivity index (χ2n) is 7.99. The number of fused-ring (bicyclic) bond motifs is 1. The first-order valence-corrected chi connectivity index (χ1v) is 14.5. The predicted molar refractivity (Wildman–Crippen MR) is 131 cm³/mol. The Balaban J connectivity index is 1.79. The number of rotatable bonds is 7. The molecule has 0 aliphatic heterocycles. The molecule has 0 aliphatic carbocycles. The van der Waals surface area contributed by atoms with E-state index in [0.717, 1.165) is 17.6 Å². The Morgan fingerprint density at radius 2 is 1.79 bits per heavy atom. The van der Waals surface area contributed by atoms with Crippen LogP contribution in [0.5, 0.6) is 0 Å². The lowest BCUT2D eigenvalue weighted by Gasteiger charge is -2.19. The van der Waals surface area contributed by atoms with Crippen molar-refractivity contribution in [3.05, 3.63) is 72.2 Å². The molecule has 34 heavy (non-hydrogen) atoms. The van der Waals surface area contributed by atoms with Gasteiger partial charge in [-0.15, -0.1) is 0 Å². The van der Waals surface area contributed by atoms with Crippen molar-refractivity contribution in [1.29, 1.82) is 0 Å². The van der Waals surface area contributed by atoms with Gasteiger partial charge in [-0.25, -0.2) is 21.8 Å². The van der Waals surface area contributed by atoms with Crippen LogP contribution in [0.25, 0.3) is 10.2 Å². The van der Waals surface area contributed by atoms with E-state index in [1.807, 2.05) is 0 Å². The van der Waals surface area contributed by atoms with Crippen LogP contribution >= 0.6 is 11.3 Å². The third kappa shape index (κ3) is 4.77. The molecule has 0 saturated heterocycles. The zero-order valence-electron chi connectivity index (χ0n) is 18.6. The van der Waals surface area contributed by atoms with Gasteiger partial charge in [-0.1, -0.05) is 17.4 Å². The molecular formula is C23H22N2O6S3. The molecule has 2 aromatic carbocycles. The first kappa shape index (κ1) is 24.1. The van der Waals surface area contributed by atoms with Crippen molar-refractivity contribution >= 4 is 52.3 Å². The first-order valence-electron chi connectivity index (χ1n) is 10.3. The molecule has 178 valence electrons. The Morgan fingerprint density at radius 1 is 1.03 bits per heavy atom. The number of sulfone groups is 2. The molecule has 0 radical (unpaired) electrons. The minimum atomic E-state index is -3.57. The maximum Gasteiger partial charge on any atom is 0.260 e. The monoisotopic (exact) mass is 518 g/mol. The minimum Gasteiger partial charge on any atom is -0.467 e. The van der Waals surface area contributed by atoms with Crippen LogP contribution in [0, 0.1) is 0 Å². The summed E-state index contributed by atoms with van der Waals surface area (Å²) in [6.07, 6.45) is 2.62. The van der Waals surface area contributed by atoms with Gasteiger partial charge in [0.25, 0.3) is 5.91 Å². The molecule has 2 aromatic heterocycles. The fourth-order valence-corrected chi connectivity index (χ4v) is 6.09. The molecule has 4 aromatic rings. The second-order valence-corrected chi connectivity index (χ2v) is 13.5. The molecule has 0 N–H and O–H groups in total. The van der Waals surface area contributed by atoms with E-state index in [4.69, 9.17) is 4.42 Å². The summed E-state index contributed by atoms with van der Waals surface area (Å²) in [4.78, 5) is 19.7. The first-order chi connectivity index (χ1) is 16.0. The number of carbonyl (C=O) groups excluding carboxylic acids is 1. The van der Waals surface area contributed by atoms with Crippen molar-refractivity contribution in [2.24, 2.45) is 0 Å². The molecular weight excluding hydrogens is 496 g/mol. The van der Waals surface area contributed by atoms with Crippen LogP contribution in [-0.2, 0) is 26.2 Å². The van der Waals surface area contributed by atoms with Crippen LogP contribution in [0.4, 0.5) is 5.13 Å². The molecule has 0 spiro atoms. The maximum absolute atomic E-state index is 13.6. The van der Waals surface area contributed by atoms with Crippen LogP contribution in [-0.4, -0.2) is 39.2 Å². The predicted octanol–water partition coefficient (Wildman–Crippen LogP) is 4.32. The van der Waals surface area contributed by atoms with Gasteiger partial charge in [-0.2, -0.15) is 0 Å². The van der Waals surface area contributed by atoms with Gasteiger partial charge in [0.05, 0.1) is 38.1 Å². The Bertz CT molecular complexity index is 1570. The van der Waals surface area contributed by atoms with Gasteiger partial charge < -0.3 is 4.42 Å². The van der Waals surface area contributed by atoms with Gasteiger partial charge in [0.2, 0.25) is 0 Å². The van der Waals surface area contributed by atoms with Gasteiger partial charge in [-0.05, 0) is 62.4 Å². The number of furan rings is 1. The summed E-state index contributed by atoms with van der Waals surface area (Å²) in [6.45, 7) is 3.23. The number of nitrogens with zero attached hydrogens (tertiary/aromatic N) is 2. The zero-order valence-corrected chi connectivity index (χ0v) is 21.1. The van der Waals surface area contributed by atoms with Crippen molar-refractivity contribution in [3.8, 4) is 0 Å². The molecule has 4 rings (SSSR count). The fraction of sp³-hybridized carbons (Fsp3) is 0.217. The molecule has 0 bridgehead atoms. The summed E-state index contributed by atoms with van der Waals surface area (Å²) < 4.78 is 55.2. The van der Waals surface area contributed by atoms with Crippen molar-refractivity contribution in [3.63, 3.8) is 0 Å². The van der Waals surface area contributed by atoms with E-state index in [2.05, 4.69) is 4.98 Å². The molecule has 0 unspecified atom stereocenters. The van der Waals surface area contributed by atoms with Crippen molar-refractivity contribution in [2.45, 2.75) is 35.4 Å². The van der Waals surface area contributed by atoms with Gasteiger partial charge >= 0.3 is 0 Å². The van der Waals surface area contributed by atoms with Gasteiger partial charge in [0, 0.05) is 11.8 Å². The Labute approximate surface area is 201 Å². The zero-order chi connectivity index (χ0) is 24.7. The summed E-state index contributed by atoms with van der Waals surface area (Å²) in [7, 11) is -6.98. The molecule has 0 atom stereocenters. The number of anilines is 1. The van der Waals surface area contributed by atoms with E-state index in [1.54, 1.807) is 38.1 Å². The number of aromatic nitrogens is 1. The van der Waals surface area contributed by atoms with Crippen LogP contribution in [0.3, 0.4) is 0 Å². The standard InChI is InChI=1S/C23H22N2O6S3/c1-15(2)34(29,30)19-8-4-6-16(12-19)22(26)25(14-17-7-5-11-31-17)23-24-20-10-9-18(33(3,27)28)13-21(20)32-23/h4-13,15H,14H2,1-3H3. The molecule has 0 fully saturated rings. The molecule has 8 nitrogen and oxygen atoms in total. The van der Waals surface area contributed by atoms with Crippen LogP contribution < -0.4 is 4.90 Å². The number of hydrogen-bond acceptors (Lipinski definition) is 8. The quantitative estimate of drug-likeness (QED) is 0.358. The smallest absolute Gasteiger partial charge is 0.260 e. The SMILES string of the molecule is CC(C)S(=O)(=O)c1cccc(C(=O)N(Cc2ccco2)c2nc3ccc(S(C)(=O)=O)cc3s2)c1. The summed E-state index contributed by atoms with van der Waals surface area (Å²) in [5, 5.41) is -0.301. The molecule has 1 amide bonds. The summed E-state index contributed by atoms with van der Waals surface area (Å²) >= 11 is 1.16. The van der Waals surface area contributed by atoms with E-state index in [1.165, 1.54) is 41.5 Å². The highest BCUT2D eigenvalue weighted by molar-refractivity contribution is 7.92. The normalized spacial score (nSPS) is 12.4. The molecule has 2 heterocycles. The van der Waals surface area contributed by atoms with E-state index in [9.17, 15) is 21.6 Å². The fourth-order valence-electron chi connectivity index (χ4n) is 3.26. The largest absolute Gasteiger partial charge is 0.467 e. The van der Waals surface area contributed by atoms with Crippen molar-refractivity contribution in [1.82, 2.24) is 4.98 Å². The lowest BCUT2D eigenvalue weighted by molar-refractivity contribution is 0.0983. The third-order valence-corrected chi connectivity index (χ3v) is 9.48. The summed E-state index contributed by atoms with van der Waals surface area (Å²) in [5.74, 6) is 0.0509. The molecule has 0 saturated carbocycles. The van der Waals surface area contributed by atoms with Crippen LogP contribution in [0.2, 0.25) is 0 Å². The summed E-state index contributed by atoms with van der Waals surface area (Å²) in [5.41, 5.74) is 0.727. The van der Waals surface area contributed by atoms with Gasteiger partial charge in [0.15, 0.2) is 24.8 Å². The van der Waals surface area contributed by atoms with Crippen molar-refractivity contribution < 1.29 is 26.0 Å². The van der Waals surface area contributed by atoms with Gasteiger partial charge in [-0.3, -0.25) is 9.69 Å². The van der Waals surface area contributed by atoms with Gasteiger partial charge in [0.1, 0.15) is 5.76 Å². The highest BCUT2D eigenvalue weighted by atomic mass is 32.2. The lowest BCUT2D eigenvalue weighted by atomic mass is 10.2. The molecule has 0 aliphatic rings. The lowest BCUT2D eigenvalue weighted by Crippen LogP contribution is -2.30. The minimum absolute atomic E-state index is 0.0613. The topological polar surface area (TPSA) is 115 Å². The van der Waals surface area contributed by atoms with E-state index >= 15 is 0 Å². The van der Waals surface area contributed by atoms with E-state index in [0.29, 0.717) is 21.1 Å². The molecule has 11 heteroatoms. The average Bonchev–Trinajstić information content (AvgIpc) is 3.45. The number of amides is 1. The number of hydrogen-bond donors (Lipinski definition) is 0. The number of benzene rings is 2. The Hall–Kier alpha value is -3.02. The second kappa shape index (κ2) is 8.97. The number of carbonyl (C=O) groups is 1. The Kier molecular flexibility index (Phi) is 6.36.